The Labute approximate surface area is 125 Å². The summed E-state index contributed by atoms with van der Waals surface area (Å²) in [5.74, 6) is -0.158. The first kappa shape index (κ1) is 15.1. The molecular formula is C18H20O3. The fourth-order valence-electron chi connectivity index (χ4n) is 2.21. The number of carbonyl (C=O) groups is 1. The smallest absolute Gasteiger partial charge is 0.307 e. The SMILES string of the molecule is O=C(O)Cc1ccccc1OCCCCc1ccccc1. The van der Waals surface area contributed by atoms with Gasteiger partial charge >= 0.3 is 5.97 Å². The second-order valence-corrected chi connectivity index (χ2v) is 4.97. The summed E-state index contributed by atoms with van der Waals surface area (Å²) in [6.07, 6.45) is 3.06. The molecule has 3 heteroatoms. The molecule has 0 aromatic heterocycles. The van der Waals surface area contributed by atoms with E-state index in [2.05, 4.69) is 12.1 Å². The molecule has 0 bridgehead atoms. The number of aliphatic carboxylic acids is 1. The molecule has 0 spiro atoms. The normalized spacial score (nSPS) is 10.3. The molecular weight excluding hydrogens is 264 g/mol. The molecule has 0 heterocycles. The highest BCUT2D eigenvalue weighted by molar-refractivity contribution is 5.71. The van der Waals surface area contributed by atoms with Gasteiger partial charge < -0.3 is 9.84 Å². The van der Waals surface area contributed by atoms with Crippen LogP contribution in [0.4, 0.5) is 0 Å². The molecule has 0 aliphatic rings. The summed E-state index contributed by atoms with van der Waals surface area (Å²) in [7, 11) is 0. The van der Waals surface area contributed by atoms with E-state index in [9.17, 15) is 4.79 Å². The van der Waals surface area contributed by atoms with Gasteiger partial charge in [-0.15, -0.1) is 0 Å². The van der Waals surface area contributed by atoms with Crippen LogP contribution >= 0.6 is 0 Å². The molecule has 0 fully saturated rings. The van der Waals surface area contributed by atoms with E-state index in [0.29, 0.717) is 12.4 Å². The summed E-state index contributed by atoms with van der Waals surface area (Å²) < 4.78 is 5.71. The van der Waals surface area contributed by atoms with E-state index >= 15 is 0 Å². The lowest BCUT2D eigenvalue weighted by Gasteiger charge is -2.10. The van der Waals surface area contributed by atoms with Crippen molar-refractivity contribution in [3.63, 3.8) is 0 Å². The third-order valence-electron chi connectivity index (χ3n) is 3.27. The number of aryl methyl sites for hydroxylation is 1. The number of hydrogen-bond donors (Lipinski definition) is 1. The summed E-state index contributed by atoms with van der Waals surface area (Å²) in [6.45, 7) is 0.615. The number of unbranched alkanes of at least 4 members (excludes halogenated alkanes) is 1. The molecule has 0 aliphatic carbocycles. The summed E-state index contributed by atoms with van der Waals surface area (Å²) in [5.41, 5.74) is 2.07. The minimum atomic E-state index is -0.838. The number of ether oxygens (including phenoxy) is 1. The number of para-hydroxylation sites is 1. The topological polar surface area (TPSA) is 46.5 Å². The van der Waals surface area contributed by atoms with Gasteiger partial charge in [-0.25, -0.2) is 0 Å². The second kappa shape index (κ2) is 8.10. The third kappa shape index (κ3) is 5.30. The molecule has 2 aromatic carbocycles. The van der Waals surface area contributed by atoms with Crippen molar-refractivity contribution in [3.05, 3.63) is 65.7 Å². The zero-order chi connectivity index (χ0) is 14.9. The van der Waals surface area contributed by atoms with E-state index in [1.165, 1.54) is 5.56 Å². The maximum Gasteiger partial charge on any atom is 0.307 e. The molecule has 1 N–H and O–H groups in total. The van der Waals surface area contributed by atoms with Gasteiger partial charge in [0, 0.05) is 5.56 Å². The Bertz CT molecular complexity index is 564. The van der Waals surface area contributed by atoms with Crippen molar-refractivity contribution in [1.82, 2.24) is 0 Å². The lowest BCUT2D eigenvalue weighted by Crippen LogP contribution is -2.05. The van der Waals surface area contributed by atoms with Crippen molar-refractivity contribution in [3.8, 4) is 5.75 Å². The number of hydrogen-bond acceptors (Lipinski definition) is 2. The summed E-state index contributed by atoms with van der Waals surface area (Å²) in [6, 6.07) is 17.7. The van der Waals surface area contributed by atoms with E-state index in [1.54, 1.807) is 6.07 Å². The Balaban J connectivity index is 1.75. The van der Waals surface area contributed by atoms with Crippen LogP contribution in [0.25, 0.3) is 0 Å². The number of benzene rings is 2. The number of carboxylic acids is 1. The zero-order valence-corrected chi connectivity index (χ0v) is 12.0. The third-order valence-corrected chi connectivity index (χ3v) is 3.27. The molecule has 2 rings (SSSR count). The van der Waals surface area contributed by atoms with Crippen LogP contribution in [0, 0.1) is 0 Å². The van der Waals surface area contributed by atoms with Gasteiger partial charge in [0.05, 0.1) is 13.0 Å². The Morgan fingerprint density at radius 3 is 2.43 bits per heavy atom. The Kier molecular flexibility index (Phi) is 5.83. The molecule has 0 radical (unpaired) electrons. The number of rotatable bonds is 8. The molecule has 0 unspecified atom stereocenters. The summed E-state index contributed by atoms with van der Waals surface area (Å²) >= 11 is 0. The van der Waals surface area contributed by atoms with E-state index in [1.807, 2.05) is 36.4 Å². The van der Waals surface area contributed by atoms with Crippen molar-refractivity contribution in [2.75, 3.05) is 6.61 Å². The summed E-state index contributed by atoms with van der Waals surface area (Å²) in [5, 5.41) is 8.87. The standard InChI is InChI=1S/C18H20O3/c19-18(20)14-16-11-4-5-12-17(16)21-13-7-6-10-15-8-2-1-3-9-15/h1-5,8-9,11-12H,6-7,10,13-14H2,(H,19,20). The predicted octanol–water partition coefficient (Wildman–Crippen LogP) is 3.72. The lowest BCUT2D eigenvalue weighted by molar-refractivity contribution is -0.136. The van der Waals surface area contributed by atoms with Gasteiger partial charge in [0.2, 0.25) is 0 Å². The first-order valence-electron chi connectivity index (χ1n) is 7.22. The second-order valence-electron chi connectivity index (χ2n) is 4.97. The maximum absolute atomic E-state index is 10.8. The van der Waals surface area contributed by atoms with Crippen LogP contribution < -0.4 is 4.74 Å². The Morgan fingerprint density at radius 1 is 0.952 bits per heavy atom. The highest BCUT2D eigenvalue weighted by atomic mass is 16.5. The van der Waals surface area contributed by atoms with Crippen LogP contribution in [-0.4, -0.2) is 17.7 Å². The molecule has 110 valence electrons. The number of carboxylic acid groups (broad SMARTS) is 1. The van der Waals surface area contributed by atoms with Gasteiger partial charge in [-0.1, -0.05) is 48.5 Å². The van der Waals surface area contributed by atoms with Crippen molar-refractivity contribution >= 4 is 5.97 Å². The lowest BCUT2D eigenvalue weighted by atomic mass is 10.1. The van der Waals surface area contributed by atoms with Crippen LogP contribution in [0.2, 0.25) is 0 Å². The first-order valence-corrected chi connectivity index (χ1v) is 7.22. The highest BCUT2D eigenvalue weighted by Crippen LogP contribution is 2.19. The molecule has 0 aliphatic heterocycles. The highest BCUT2D eigenvalue weighted by Gasteiger charge is 2.06. The van der Waals surface area contributed by atoms with Gasteiger partial charge in [-0.05, 0) is 30.9 Å². The zero-order valence-electron chi connectivity index (χ0n) is 12.0. The van der Waals surface area contributed by atoms with Crippen LogP contribution in [0.3, 0.4) is 0 Å². The van der Waals surface area contributed by atoms with Crippen LogP contribution in [0.5, 0.6) is 5.75 Å². The molecule has 3 nitrogen and oxygen atoms in total. The van der Waals surface area contributed by atoms with Crippen LogP contribution in [0.15, 0.2) is 54.6 Å². The summed E-state index contributed by atoms with van der Waals surface area (Å²) in [4.78, 5) is 10.8. The maximum atomic E-state index is 10.8. The van der Waals surface area contributed by atoms with Gasteiger partial charge in [0.15, 0.2) is 0 Å². The van der Waals surface area contributed by atoms with E-state index in [4.69, 9.17) is 9.84 Å². The fraction of sp³-hybridized carbons (Fsp3) is 0.278. The van der Waals surface area contributed by atoms with E-state index < -0.39 is 5.97 Å². The van der Waals surface area contributed by atoms with Gasteiger partial charge in [-0.2, -0.15) is 0 Å². The first-order chi connectivity index (χ1) is 10.3. The van der Waals surface area contributed by atoms with Crippen LogP contribution in [0.1, 0.15) is 24.0 Å². The largest absolute Gasteiger partial charge is 0.493 e. The molecule has 0 saturated heterocycles. The van der Waals surface area contributed by atoms with Gasteiger partial charge in [0.1, 0.15) is 5.75 Å². The van der Waals surface area contributed by atoms with Crippen molar-refractivity contribution in [2.45, 2.75) is 25.7 Å². The molecule has 2 aromatic rings. The molecule has 0 atom stereocenters. The quantitative estimate of drug-likeness (QED) is 0.752. The van der Waals surface area contributed by atoms with Crippen molar-refractivity contribution in [1.29, 1.82) is 0 Å². The molecule has 0 amide bonds. The average Bonchev–Trinajstić information content (AvgIpc) is 2.49. The van der Waals surface area contributed by atoms with Crippen molar-refractivity contribution < 1.29 is 14.6 Å². The molecule has 0 saturated carbocycles. The minimum absolute atomic E-state index is 0.000187. The van der Waals surface area contributed by atoms with Gasteiger partial charge in [0.25, 0.3) is 0 Å². The monoisotopic (exact) mass is 284 g/mol. The van der Waals surface area contributed by atoms with Gasteiger partial charge in [-0.3, -0.25) is 4.79 Å². The van der Waals surface area contributed by atoms with Crippen LogP contribution in [-0.2, 0) is 17.6 Å². The Hall–Kier alpha value is -2.29. The predicted molar refractivity (Wildman–Crippen MR) is 82.7 cm³/mol. The van der Waals surface area contributed by atoms with E-state index in [-0.39, 0.29) is 6.42 Å². The minimum Gasteiger partial charge on any atom is -0.493 e. The average molecular weight is 284 g/mol. The fourth-order valence-corrected chi connectivity index (χ4v) is 2.21. The Morgan fingerprint density at radius 2 is 1.67 bits per heavy atom. The molecule has 21 heavy (non-hydrogen) atoms. The van der Waals surface area contributed by atoms with Crippen molar-refractivity contribution in [2.24, 2.45) is 0 Å². The van der Waals surface area contributed by atoms with E-state index in [0.717, 1.165) is 24.8 Å².